The lowest BCUT2D eigenvalue weighted by Gasteiger charge is -2.20. The van der Waals surface area contributed by atoms with Crippen LogP contribution in [0.25, 0.3) is 0 Å². The van der Waals surface area contributed by atoms with Gasteiger partial charge in [-0.05, 0) is 19.4 Å². The van der Waals surface area contributed by atoms with Crippen molar-refractivity contribution in [1.29, 1.82) is 0 Å². The Morgan fingerprint density at radius 2 is 2.39 bits per heavy atom. The third kappa shape index (κ3) is 2.74. The van der Waals surface area contributed by atoms with E-state index < -0.39 is 10.0 Å². The molecule has 1 unspecified atom stereocenters. The Balaban J connectivity index is 2.23. The number of H-pyrrole nitrogens is 1. The van der Waals surface area contributed by atoms with Crippen LogP contribution in [0.4, 0.5) is 0 Å². The average Bonchev–Trinajstić information content (AvgIpc) is 2.72. The third-order valence-electron chi connectivity index (χ3n) is 2.99. The molecule has 0 spiro atoms. The molecule has 1 aromatic heterocycles. The molecule has 1 aliphatic heterocycles. The Kier molecular flexibility index (Phi) is 4.06. The molecule has 0 amide bonds. The fraction of sp³-hybridized carbons (Fsp3) is 0.636. The maximum Gasteiger partial charge on any atom is 0.244 e. The number of ether oxygens (including phenoxy) is 1. The second kappa shape index (κ2) is 5.40. The smallest absolute Gasteiger partial charge is 0.244 e. The van der Waals surface area contributed by atoms with Gasteiger partial charge < -0.3 is 15.5 Å². The molecule has 1 aliphatic rings. The first kappa shape index (κ1) is 13.5. The summed E-state index contributed by atoms with van der Waals surface area (Å²) in [7, 11) is -3.44. The standard InChI is InChI=1S/C11H19N3O3S/c1-9-8-14(3-2-4-17-9)18(15,16)11-5-10(6-12)13-7-11/h5,7,9,13H,2-4,6,8,12H2,1H3. The fourth-order valence-electron chi connectivity index (χ4n) is 2.01. The van der Waals surface area contributed by atoms with E-state index in [1.54, 1.807) is 6.07 Å². The van der Waals surface area contributed by atoms with E-state index >= 15 is 0 Å². The van der Waals surface area contributed by atoms with Crippen molar-refractivity contribution in [2.75, 3.05) is 19.7 Å². The van der Waals surface area contributed by atoms with Crippen molar-refractivity contribution < 1.29 is 13.2 Å². The number of hydrogen-bond donors (Lipinski definition) is 2. The van der Waals surface area contributed by atoms with Gasteiger partial charge in [-0.15, -0.1) is 0 Å². The van der Waals surface area contributed by atoms with Gasteiger partial charge in [-0.25, -0.2) is 8.42 Å². The van der Waals surface area contributed by atoms with Crippen molar-refractivity contribution in [2.24, 2.45) is 5.73 Å². The van der Waals surface area contributed by atoms with Gasteiger partial charge in [-0.1, -0.05) is 0 Å². The average molecular weight is 273 g/mol. The summed E-state index contributed by atoms with van der Waals surface area (Å²) in [6.07, 6.45) is 2.14. The quantitative estimate of drug-likeness (QED) is 0.827. The molecule has 0 aliphatic carbocycles. The van der Waals surface area contributed by atoms with Crippen LogP contribution >= 0.6 is 0 Å². The molecule has 0 saturated carbocycles. The number of sulfonamides is 1. The van der Waals surface area contributed by atoms with E-state index in [9.17, 15) is 8.42 Å². The van der Waals surface area contributed by atoms with Crippen LogP contribution in [0.2, 0.25) is 0 Å². The van der Waals surface area contributed by atoms with Gasteiger partial charge in [0.1, 0.15) is 0 Å². The molecule has 1 saturated heterocycles. The van der Waals surface area contributed by atoms with E-state index in [1.807, 2.05) is 6.92 Å². The van der Waals surface area contributed by atoms with Gasteiger partial charge in [0.05, 0.1) is 11.0 Å². The Labute approximate surface area is 107 Å². The zero-order valence-corrected chi connectivity index (χ0v) is 11.2. The number of aromatic amines is 1. The first-order chi connectivity index (χ1) is 8.54. The summed E-state index contributed by atoms with van der Waals surface area (Å²) >= 11 is 0. The molecular weight excluding hydrogens is 254 g/mol. The van der Waals surface area contributed by atoms with Crippen LogP contribution in [0.3, 0.4) is 0 Å². The van der Waals surface area contributed by atoms with E-state index in [2.05, 4.69) is 4.98 Å². The van der Waals surface area contributed by atoms with Crippen molar-refractivity contribution in [1.82, 2.24) is 9.29 Å². The van der Waals surface area contributed by atoms with Gasteiger partial charge in [0.15, 0.2) is 0 Å². The van der Waals surface area contributed by atoms with Crippen molar-refractivity contribution in [2.45, 2.75) is 30.9 Å². The highest BCUT2D eigenvalue weighted by Gasteiger charge is 2.28. The molecule has 1 atom stereocenters. The lowest BCUT2D eigenvalue weighted by molar-refractivity contribution is 0.0752. The molecule has 1 fully saturated rings. The predicted molar refractivity (Wildman–Crippen MR) is 67.5 cm³/mol. The predicted octanol–water partition coefficient (Wildman–Crippen LogP) is 0.273. The van der Waals surface area contributed by atoms with Crippen LogP contribution in [0.1, 0.15) is 19.0 Å². The second-order valence-corrected chi connectivity index (χ2v) is 6.40. The molecule has 102 valence electrons. The summed E-state index contributed by atoms with van der Waals surface area (Å²) in [5, 5.41) is 0. The van der Waals surface area contributed by atoms with Crippen LogP contribution in [0, 0.1) is 0 Å². The molecule has 18 heavy (non-hydrogen) atoms. The number of hydrogen-bond acceptors (Lipinski definition) is 4. The Morgan fingerprint density at radius 3 is 3.06 bits per heavy atom. The zero-order chi connectivity index (χ0) is 13.2. The highest BCUT2D eigenvalue weighted by Crippen LogP contribution is 2.19. The molecule has 7 heteroatoms. The Hall–Kier alpha value is -0.890. The van der Waals surface area contributed by atoms with Crippen LogP contribution in [-0.2, 0) is 21.3 Å². The lowest BCUT2D eigenvalue weighted by Crippen LogP contribution is -2.35. The van der Waals surface area contributed by atoms with E-state index in [4.69, 9.17) is 10.5 Å². The van der Waals surface area contributed by atoms with Gasteiger partial charge >= 0.3 is 0 Å². The van der Waals surface area contributed by atoms with Crippen LogP contribution < -0.4 is 5.73 Å². The van der Waals surface area contributed by atoms with Gasteiger partial charge in [-0.2, -0.15) is 4.31 Å². The first-order valence-electron chi connectivity index (χ1n) is 6.03. The molecule has 2 rings (SSSR count). The summed E-state index contributed by atoms with van der Waals surface area (Å²) in [6.45, 7) is 3.68. The Bertz CT molecular complexity index is 497. The van der Waals surface area contributed by atoms with Gasteiger partial charge in [0.25, 0.3) is 0 Å². The van der Waals surface area contributed by atoms with Crippen molar-refractivity contribution >= 4 is 10.0 Å². The monoisotopic (exact) mass is 273 g/mol. The van der Waals surface area contributed by atoms with E-state index in [0.717, 1.165) is 6.42 Å². The van der Waals surface area contributed by atoms with Crippen LogP contribution in [0.15, 0.2) is 17.2 Å². The number of nitrogens with zero attached hydrogens (tertiary/aromatic N) is 1. The summed E-state index contributed by atoms with van der Waals surface area (Å²) in [6, 6.07) is 1.59. The van der Waals surface area contributed by atoms with Crippen molar-refractivity contribution in [3.05, 3.63) is 18.0 Å². The van der Waals surface area contributed by atoms with Crippen LogP contribution in [-0.4, -0.2) is 43.5 Å². The number of nitrogens with one attached hydrogen (secondary N) is 1. The molecule has 3 N–H and O–H groups in total. The second-order valence-electron chi connectivity index (χ2n) is 4.46. The largest absolute Gasteiger partial charge is 0.377 e. The van der Waals surface area contributed by atoms with Crippen LogP contribution in [0.5, 0.6) is 0 Å². The number of nitrogens with two attached hydrogens (primary N) is 1. The van der Waals surface area contributed by atoms with Gasteiger partial charge in [-0.3, -0.25) is 0 Å². The minimum Gasteiger partial charge on any atom is -0.377 e. The lowest BCUT2D eigenvalue weighted by atomic mass is 10.4. The maximum absolute atomic E-state index is 12.4. The highest BCUT2D eigenvalue weighted by atomic mass is 32.2. The normalized spacial score (nSPS) is 22.9. The van der Waals surface area contributed by atoms with E-state index in [-0.39, 0.29) is 11.0 Å². The molecular formula is C11H19N3O3S. The molecule has 0 aromatic carbocycles. The molecule has 6 nitrogen and oxygen atoms in total. The third-order valence-corrected chi connectivity index (χ3v) is 4.83. The number of rotatable bonds is 3. The summed E-state index contributed by atoms with van der Waals surface area (Å²) in [5.41, 5.74) is 6.19. The fourth-order valence-corrected chi connectivity index (χ4v) is 3.58. The SMILES string of the molecule is CC1CN(S(=O)(=O)c2c[nH]c(CN)c2)CCCO1. The first-order valence-corrected chi connectivity index (χ1v) is 7.47. The van der Waals surface area contributed by atoms with Crippen molar-refractivity contribution in [3.63, 3.8) is 0 Å². The zero-order valence-electron chi connectivity index (χ0n) is 10.4. The highest BCUT2D eigenvalue weighted by molar-refractivity contribution is 7.89. The van der Waals surface area contributed by atoms with E-state index in [0.29, 0.717) is 31.9 Å². The number of aromatic nitrogens is 1. The maximum atomic E-state index is 12.4. The topological polar surface area (TPSA) is 88.4 Å². The molecule has 2 heterocycles. The summed E-state index contributed by atoms with van der Waals surface area (Å²) < 4.78 is 31.8. The minimum absolute atomic E-state index is 0.0739. The minimum atomic E-state index is -3.44. The summed E-state index contributed by atoms with van der Waals surface area (Å²) in [5.74, 6) is 0. The van der Waals surface area contributed by atoms with Gasteiger partial charge in [0.2, 0.25) is 10.0 Å². The molecule has 0 radical (unpaired) electrons. The summed E-state index contributed by atoms with van der Waals surface area (Å²) in [4.78, 5) is 3.14. The van der Waals surface area contributed by atoms with E-state index in [1.165, 1.54) is 10.5 Å². The van der Waals surface area contributed by atoms with Crippen molar-refractivity contribution in [3.8, 4) is 0 Å². The molecule has 0 bridgehead atoms. The van der Waals surface area contributed by atoms with Gasteiger partial charge in [0, 0.05) is 38.1 Å². The Morgan fingerprint density at radius 1 is 1.61 bits per heavy atom. The molecule has 1 aromatic rings.